The summed E-state index contributed by atoms with van der Waals surface area (Å²) in [5.74, 6) is 0.584. The molecule has 0 aliphatic carbocycles. The lowest BCUT2D eigenvalue weighted by atomic mass is 9.96. The van der Waals surface area contributed by atoms with Crippen molar-refractivity contribution in [3.63, 3.8) is 0 Å². The van der Waals surface area contributed by atoms with Gasteiger partial charge in [0.05, 0.1) is 11.6 Å². The third-order valence-corrected chi connectivity index (χ3v) is 4.11. The lowest BCUT2D eigenvalue weighted by Gasteiger charge is -2.31. The Labute approximate surface area is 142 Å². The maximum atomic E-state index is 12.2. The van der Waals surface area contributed by atoms with Crippen molar-refractivity contribution >= 4 is 11.8 Å². The fourth-order valence-electron chi connectivity index (χ4n) is 2.65. The van der Waals surface area contributed by atoms with Crippen molar-refractivity contribution in [2.45, 2.75) is 26.2 Å². The van der Waals surface area contributed by atoms with E-state index in [9.17, 15) is 9.59 Å². The minimum absolute atomic E-state index is 0.0000411. The zero-order chi connectivity index (χ0) is 17.4. The van der Waals surface area contributed by atoms with Crippen molar-refractivity contribution in [1.82, 2.24) is 10.2 Å². The number of hydrogen-bond acceptors (Lipinski definition) is 4. The van der Waals surface area contributed by atoms with Crippen LogP contribution in [-0.2, 0) is 9.59 Å². The summed E-state index contributed by atoms with van der Waals surface area (Å²) in [4.78, 5) is 25.9. The molecule has 6 heteroatoms. The van der Waals surface area contributed by atoms with Crippen molar-refractivity contribution < 1.29 is 14.3 Å². The first-order chi connectivity index (χ1) is 11.6. The highest BCUT2D eigenvalue weighted by molar-refractivity contribution is 5.80. The second kappa shape index (κ2) is 8.92. The van der Waals surface area contributed by atoms with Gasteiger partial charge in [-0.15, -0.1) is 0 Å². The van der Waals surface area contributed by atoms with Crippen molar-refractivity contribution in [3.8, 4) is 11.8 Å². The van der Waals surface area contributed by atoms with Crippen LogP contribution in [0.2, 0.25) is 0 Å². The van der Waals surface area contributed by atoms with E-state index in [0.29, 0.717) is 43.8 Å². The Morgan fingerprint density at radius 1 is 1.29 bits per heavy atom. The highest BCUT2D eigenvalue weighted by Crippen LogP contribution is 2.18. The predicted octanol–water partition coefficient (Wildman–Crippen LogP) is 1.70. The number of benzene rings is 1. The van der Waals surface area contributed by atoms with Gasteiger partial charge in [-0.25, -0.2) is 0 Å². The monoisotopic (exact) mass is 329 g/mol. The number of likely N-dealkylation sites (tertiary alicyclic amines) is 1. The minimum Gasteiger partial charge on any atom is -0.484 e. The molecule has 1 aliphatic heterocycles. The first-order valence-corrected chi connectivity index (χ1v) is 8.32. The standard InChI is InChI=1S/C18H23N3O3/c1-2-9-20-18(23)15-7-10-21(11-8-15)17(22)13-24-16-5-3-14(12-19)4-6-16/h3-6,15H,2,7-11,13H2,1H3,(H,20,23). The molecule has 1 aliphatic rings. The molecule has 0 radical (unpaired) electrons. The quantitative estimate of drug-likeness (QED) is 0.861. The minimum atomic E-state index is -0.0771. The van der Waals surface area contributed by atoms with Gasteiger partial charge < -0.3 is 15.0 Å². The number of nitriles is 1. The van der Waals surface area contributed by atoms with Gasteiger partial charge in [0.2, 0.25) is 5.91 Å². The zero-order valence-electron chi connectivity index (χ0n) is 14.0. The molecule has 0 atom stereocenters. The number of nitrogens with one attached hydrogen (secondary N) is 1. The Bertz CT molecular complexity index is 599. The Kier molecular flexibility index (Phi) is 6.62. The highest BCUT2D eigenvalue weighted by Gasteiger charge is 2.27. The first kappa shape index (κ1) is 17.8. The van der Waals surface area contributed by atoms with Crippen molar-refractivity contribution in [2.75, 3.05) is 26.2 Å². The molecule has 1 aromatic carbocycles. The molecule has 0 unspecified atom stereocenters. The van der Waals surface area contributed by atoms with Gasteiger partial charge in [0.1, 0.15) is 5.75 Å². The molecule has 2 amide bonds. The molecule has 1 heterocycles. The molecule has 0 saturated carbocycles. The number of hydrogen-bond donors (Lipinski definition) is 1. The van der Waals surface area contributed by atoms with Crippen LogP contribution in [0, 0.1) is 17.2 Å². The van der Waals surface area contributed by atoms with Crippen LogP contribution in [0.15, 0.2) is 24.3 Å². The van der Waals surface area contributed by atoms with Crippen molar-refractivity contribution in [2.24, 2.45) is 5.92 Å². The van der Waals surface area contributed by atoms with Gasteiger partial charge in [-0.2, -0.15) is 5.26 Å². The van der Waals surface area contributed by atoms with Crippen LogP contribution in [-0.4, -0.2) is 43.0 Å². The number of carbonyl (C=O) groups is 2. The third kappa shape index (κ3) is 4.98. The normalized spacial score (nSPS) is 14.8. The van der Waals surface area contributed by atoms with E-state index in [2.05, 4.69) is 5.32 Å². The second-order valence-corrected chi connectivity index (χ2v) is 5.87. The number of rotatable bonds is 6. The Morgan fingerprint density at radius 3 is 2.54 bits per heavy atom. The molecule has 0 spiro atoms. The van der Waals surface area contributed by atoms with Gasteiger partial charge in [-0.3, -0.25) is 9.59 Å². The molecule has 1 saturated heterocycles. The summed E-state index contributed by atoms with van der Waals surface area (Å²) < 4.78 is 5.47. The smallest absolute Gasteiger partial charge is 0.260 e. The third-order valence-electron chi connectivity index (χ3n) is 4.11. The van der Waals surface area contributed by atoms with E-state index >= 15 is 0 Å². The fraction of sp³-hybridized carbons (Fsp3) is 0.500. The number of amides is 2. The van der Waals surface area contributed by atoms with Crippen LogP contribution in [0.1, 0.15) is 31.7 Å². The van der Waals surface area contributed by atoms with Crippen LogP contribution in [0.4, 0.5) is 0 Å². The van der Waals surface area contributed by atoms with E-state index in [1.807, 2.05) is 13.0 Å². The Balaban J connectivity index is 1.74. The van der Waals surface area contributed by atoms with Crippen LogP contribution >= 0.6 is 0 Å². The zero-order valence-corrected chi connectivity index (χ0v) is 14.0. The van der Waals surface area contributed by atoms with E-state index in [4.69, 9.17) is 10.00 Å². The summed E-state index contributed by atoms with van der Waals surface area (Å²) in [5.41, 5.74) is 0.553. The number of carbonyl (C=O) groups excluding carboxylic acids is 2. The van der Waals surface area contributed by atoms with E-state index in [0.717, 1.165) is 6.42 Å². The summed E-state index contributed by atoms with van der Waals surface area (Å²) in [5, 5.41) is 11.7. The highest BCUT2D eigenvalue weighted by atomic mass is 16.5. The number of ether oxygens (including phenoxy) is 1. The summed E-state index contributed by atoms with van der Waals surface area (Å²) in [7, 11) is 0. The molecule has 2 rings (SSSR count). The van der Waals surface area contributed by atoms with Crippen molar-refractivity contribution in [3.05, 3.63) is 29.8 Å². The number of nitrogens with zero attached hydrogens (tertiary/aromatic N) is 2. The summed E-state index contributed by atoms with van der Waals surface area (Å²) >= 11 is 0. The molecular formula is C18H23N3O3. The molecule has 0 aromatic heterocycles. The van der Waals surface area contributed by atoms with E-state index in [1.165, 1.54) is 0 Å². The molecule has 24 heavy (non-hydrogen) atoms. The summed E-state index contributed by atoms with van der Waals surface area (Å²) in [6, 6.07) is 8.69. The summed E-state index contributed by atoms with van der Waals surface area (Å²) in [6.07, 6.45) is 2.31. The van der Waals surface area contributed by atoms with Gasteiger partial charge in [0.15, 0.2) is 6.61 Å². The Hall–Kier alpha value is -2.55. The van der Waals surface area contributed by atoms with Gasteiger partial charge in [0.25, 0.3) is 5.91 Å². The second-order valence-electron chi connectivity index (χ2n) is 5.87. The molecule has 0 bridgehead atoms. The average Bonchev–Trinajstić information content (AvgIpc) is 2.64. The van der Waals surface area contributed by atoms with E-state index in [-0.39, 0.29) is 24.3 Å². The van der Waals surface area contributed by atoms with Gasteiger partial charge >= 0.3 is 0 Å². The average molecular weight is 329 g/mol. The predicted molar refractivity (Wildman–Crippen MR) is 89.3 cm³/mol. The fourth-order valence-corrected chi connectivity index (χ4v) is 2.65. The molecular weight excluding hydrogens is 306 g/mol. The molecule has 1 fully saturated rings. The van der Waals surface area contributed by atoms with Crippen LogP contribution in [0.3, 0.4) is 0 Å². The number of piperidine rings is 1. The van der Waals surface area contributed by atoms with Gasteiger partial charge in [-0.1, -0.05) is 6.92 Å². The molecule has 6 nitrogen and oxygen atoms in total. The van der Waals surface area contributed by atoms with Gasteiger partial charge in [0, 0.05) is 25.6 Å². The lowest BCUT2D eigenvalue weighted by molar-refractivity contribution is -0.137. The van der Waals surface area contributed by atoms with Crippen molar-refractivity contribution in [1.29, 1.82) is 5.26 Å². The van der Waals surface area contributed by atoms with Crippen LogP contribution in [0.25, 0.3) is 0 Å². The maximum absolute atomic E-state index is 12.2. The summed E-state index contributed by atoms with van der Waals surface area (Å²) in [6.45, 7) is 3.87. The maximum Gasteiger partial charge on any atom is 0.260 e. The molecule has 1 N–H and O–H groups in total. The van der Waals surface area contributed by atoms with E-state index < -0.39 is 0 Å². The molecule has 128 valence electrons. The van der Waals surface area contributed by atoms with Gasteiger partial charge in [-0.05, 0) is 43.5 Å². The molecule has 1 aromatic rings. The van der Waals surface area contributed by atoms with Crippen LogP contribution < -0.4 is 10.1 Å². The SMILES string of the molecule is CCCNC(=O)C1CCN(C(=O)COc2ccc(C#N)cc2)CC1. The first-order valence-electron chi connectivity index (χ1n) is 8.32. The largest absolute Gasteiger partial charge is 0.484 e. The Morgan fingerprint density at radius 2 is 1.96 bits per heavy atom. The van der Waals surface area contributed by atoms with Crippen LogP contribution in [0.5, 0.6) is 5.75 Å². The topological polar surface area (TPSA) is 82.4 Å². The lowest BCUT2D eigenvalue weighted by Crippen LogP contribution is -2.44. The van der Waals surface area contributed by atoms with E-state index in [1.54, 1.807) is 29.2 Å².